The number of thiazole rings is 7. The topological polar surface area (TPSA) is 560 Å². The predicted octanol–water partition coefficient (Wildman–Crippen LogP) is 6.57. The maximum Gasteiger partial charge on any atom is 1.00 e. The number of hydrogen-bond donors (Lipinski definition) is 6. The van der Waals surface area contributed by atoms with E-state index in [2.05, 4.69) is 165 Å². The number of carbonyl (C=O) groups excluding carboxylic acids is 2. The number of nitriles is 1. The van der Waals surface area contributed by atoms with Crippen LogP contribution in [0, 0.1) is 52.2 Å². The summed E-state index contributed by atoms with van der Waals surface area (Å²) in [4.78, 5) is 107. The number of nitrogens with two attached hydrogens (primary N) is 6. The molecule has 1 aliphatic heterocycles. The van der Waals surface area contributed by atoms with Crippen molar-refractivity contribution in [2.75, 3.05) is 35.2 Å². The van der Waals surface area contributed by atoms with Crippen molar-refractivity contribution in [1.82, 2.24) is 120 Å². The van der Waals surface area contributed by atoms with E-state index in [1.807, 2.05) is 84.9 Å². The van der Waals surface area contributed by atoms with Crippen molar-refractivity contribution in [3.8, 4) is 5.40 Å². The summed E-state index contributed by atoms with van der Waals surface area (Å²) >= 11 is 23.1. The number of nitrogen functional groups attached to an aromatic ring is 5. The van der Waals surface area contributed by atoms with E-state index < -0.39 is 0 Å². The first-order valence-electron chi connectivity index (χ1n) is 29.0. The Bertz CT molecular complexity index is 4490. The number of hydrogen-bond acceptors (Lipinski definition) is 46. The number of thiocyanates is 1. The summed E-state index contributed by atoms with van der Waals surface area (Å²) in [6, 6.07) is 11.3. The number of fused-ring (bicyclic) bond motifs is 7. The van der Waals surface area contributed by atoms with Crippen LogP contribution in [0.4, 0.5) is 26.9 Å². The van der Waals surface area contributed by atoms with Gasteiger partial charge in [-0.1, -0.05) is 97.0 Å². The van der Waals surface area contributed by atoms with Gasteiger partial charge in [-0.05, 0) is 97.1 Å². The van der Waals surface area contributed by atoms with Crippen molar-refractivity contribution in [2.24, 2.45) is 20.9 Å². The maximum atomic E-state index is 8.12. The average Bonchev–Trinajstić information content (AvgIpc) is 1.76. The van der Waals surface area contributed by atoms with Gasteiger partial charge in [0.05, 0.1) is 47.1 Å². The number of nitrogens with zero attached hydrogens (tertiary/aromatic N) is 28. The molecule has 17 heterocycles. The fourth-order valence-corrected chi connectivity index (χ4v) is 11.7. The zero-order valence-electron chi connectivity index (χ0n) is 56.8. The third-order valence-electron chi connectivity index (χ3n) is 10.9. The maximum absolute atomic E-state index is 8.12. The van der Waals surface area contributed by atoms with Crippen molar-refractivity contribution < 1.29 is 39.1 Å². The number of aromatic nitrogens is 24. The molecule has 0 unspecified atom stereocenters. The molecule has 0 amide bonds. The van der Waals surface area contributed by atoms with E-state index in [4.69, 9.17) is 61.5 Å². The molecule has 16 aromatic rings. The van der Waals surface area contributed by atoms with Gasteiger partial charge in [0.15, 0.2) is 62.3 Å². The van der Waals surface area contributed by atoms with Crippen LogP contribution in [0.15, 0.2) is 132 Å². The van der Waals surface area contributed by atoms with Crippen molar-refractivity contribution in [1.29, 1.82) is 5.26 Å². The van der Waals surface area contributed by atoms with Crippen LogP contribution in [-0.4, -0.2) is 155 Å². The van der Waals surface area contributed by atoms with Crippen LogP contribution in [-0.2, 0) is 22.2 Å². The minimum atomic E-state index is 0. The minimum Gasteiger partial charge on any atom is -0.696 e. The van der Waals surface area contributed by atoms with Crippen molar-refractivity contribution >= 4 is 245 Å². The third kappa shape index (κ3) is 32.0. The van der Waals surface area contributed by atoms with Crippen LogP contribution < -0.4 is 64.0 Å². The number of thiocarbonyl (C=S) groups is 2. The molecule has 12 N–H and O–H groups in total. The average molecular weight is 1620 g/mol. The summed E-state index contributed by atoms with van der Waals surface area (Å²) in [6.45, 7) is 14.2. The predicted molar refractivity (Wildman–Crippen MR) is 424 cm³/mol. The van der Waals surface area contributed by atoms with Gasteiger partial charge in [0.25, 0.3) is 0 Å². The molecule has 0 atom stereocenters. The molecule has 16 aromatic heterocycles. The van der Waals surface area contributed by atoms with Crippen LogP contribution in [0.2, 0.25) is 0 Å². The molecule has 0 saturated carbocycles. The first-order valence-corrected chi connectivity index (χ1v) is 35.9. The van der Waals surface area contributed by atoms with Gasteiger partial charge in [0.2, 0.25) is 11.3 Å². The number of isothiocyanates is 1. The molecular formula is C59H57N34NaO2S10. The molecule has 0 saturated heterocycles. The Morgan fingerprint density at radius 3 is 1.24 bits per heavy atom. The molecule has 0 radical (unpaired) electrons. The summed E-state index contributed by atoms with van der Waals surface area (Å²) in [7, 11) is 0. The summed E-state index contributed by atoms with van der Waals surface area (Å²) < 4.78 is 0. The molecule has 1 aliphatic rings. The number of rotatable bonds is 1. The monoisotopic (exact) mass is 1620 g/mol. The normalized spacial score (nSPS) is 10.1. The van der Waals surface area contributed by atoms with Crippen molar-refractivity contribution in [3.05, 3.63) is 149 Å². The summed E-state index contributed by atoms with van der Waals surface area (Å²) in [5.41, 5.74) is 40.0. The Balaban J connectivity index is 0.000000245. The number of anilines is 5. The Labute approximate surface area is 668 Å². The number of aliphatic imine (C=N–C) groups is 1. The van der Waals surface area contributed by atoms with Gasteiger partial charge in [-0.15, -0.1) is 25.5 Å². The van der Waals surface area contributed by atoms with Gasteiger partial charge in [-0.2, -0.15) is 24.7 Å². The van der Waals surface area contributed by atoms with Gasteiger partial charge in [0, 0.05) is 87.3 Å². The molecule has 47 heteroatoms. The Kier molecular flexibility index (Phi) is 40.4. The summed E-state index contributed by atoms with van der Waals surface area (Å²) in [5.74, 6) is 0.884. The molecule has 106 heavy (non-hydrogen) atoms. The second kappa shape index (κ2) is 49.0. The van der Waals surface area contributed by atoms with Gasteiger partial charge in [-0.3, -0.25) is 9.97 Å². The van der Waals surface area contributed by atoms with Gasteiger partial charge < -0.3 is 47.0 Å². The number of pyridine rings is 3. The Morgan fingerprint density at radius 1 is 0.481 bits per heavy atom. The van der Waals surface area contributed by atoms with E-state index in [0.29, 0.717) is 55.3 Å². The fourth-order valence-electron chi connectivity index (χ4n) is 6.62. The molecule has 0 fully saturated rings. The number of amidine groups is 1. The molecule has 0 spiro atoms. The Morgan fingerprint density at radius 2 is 0.849 bits per heavy atom. The van der Waals surface area contributed by atoms with Gasteiger partial charge in [0.1, 0.15) is 39.2 Å². The molecule has 0 bridgehead atoms. The van der Waals surface area contributed by atoms with E-state index >= 15 is 0 Å². The molecular weight excluding hydrogens is 1560 g/mol. The first kappa shape index (κ1) is 87.5. The van der Waals surface area contributed by atoms with Crippen LogP contribution in [0.25, 0.3) is 73.1 Å². The smallest absolute Gasteiger partial charge is 0.696 e. The number of aryl methyl sites for hydroxylation is 6. The van der Waals surface area contributed by atoms with E-state index in [9.17, 15) is 0 Å². The second-order valence-electron chi connectivity index (χ2n) is 18.3. The molecule has 0 aromatic carbocycles. The van der Waals surface area contributed by atoms with Crippen LogP contribution in [0.5, 0.6) is 0 Å². The third-order valence-corrected chi connectivity index (χ3v) is 17.3. The SMILES string of the molecule is CCN=C=S.Cc1nc2cccnc2s1.Cc1nc2nccnc2s1.Cc1nc2nccnc2s1.Cc1nc2nncnc2s1.Cc1ncccc1N.Cc1nccnc1N.N#C[S-].NC1=NN=CCC1=S.Nc1nc2cccnc2s1.Nc1nc2nccnc2s1.Nc1nc2nncnc2s1.O=C=O.[Na+]. The standard InChI is InChI=1S/C7H6N2S.3C6H5N3S.C6H8N2.2C5H4N4S.C5H7N3.C4H3N5S.C4H5N3S.C3H5NS.CHNS.CO2.Na/c1-5-9-6-3-2-4-8-7(6)10-5;2*1-4-9-5-6(10-4)8-3-2-7-5;7-6-9-4-2-1-3-8-5(4)10-6;1-5-6(7)3-2-4-8-5;1-3-8-4-5(10-3)6-2-7-9-4;6-5-9-3-4(10-5)8-2-1-7-3;1-4-5(6)8-3-2-7-4;5-4-8-2-3(10-4)6-1-7-9-2;5-4-3(8)1-2-6-7-4;1-2-4-3-5;2*2-1-3;/h2-4H,1H3;2*2-3H,1H3;1-3H,(H2,7,9);2-4H,7H2,1H3;2H,1H3;1-2H,(H2,6,7,9);2-3H,1H3,(H2,6,8);1H,(H2,5,8,9);2H,1H2,(H2,5,7);2H2,1H3;3H;;/q;;;;;;;;;;;;;+1/p-1. The van der Waals surface area contributed by atoms with Crippen LogP contribution >= 0.6 is 104 Å². The zero-order chi connectivity index (χ0) is 76.3. The van der Waals surface area contributed by atoms with E-state index in [1.165, 1.54) is 63.4 Å². The largest absolute Gasteiger partial charge is 1.00 e. The van der Waals surface area contributed by atoms with Gasteiger partial charge in [-0.25, -0.2) is 90.0 Å². The van der Waals surface area contributed by atoms with Crippen LogP contribution in [0.1, 0.15) is 44.8 Å². The fraction of sp³-hybridized carbons (Fsp3) is 0.153. The van der Waals surface area contributed by atoms with Crippen LogP contribution in [0.3, 0.4) is 0 Å². The minimum absolute atomic E-state index is 0. The quantitative estimate of drug-likeness (QED) is 0.0332. The summed E-state index contributed by atoms with van der Waals surface area (Å²) in [5, 5.41) is 38.1. The first-order chi connectivity index (χ1) is 50.7. The van der Waals surface area contributed by atoms with E-state index in [0.717, 1.165) is 99.8 Å². The van der Waals surface area contributed by atoms with E-state index in [-0.39, 0.29) is 35.7 Å². The summed E-state index contributed by atoms with van der Waals surface area (Å²) in [6.07, 6.45) is 23.7. The van der Waals surface area contributed by atoms with E-state index in [1.54, 1.807) is 108 Å². The molecule has 0 aliphatic carbocycles. The Hall–Kier alpha value is -10.9. The van der Waals surface area contributed by atoms with Gasteiger partial charge >= 0.3 is 35.7 Å². The molecule has 536 valence electrons. The molecule has 17 rings (SSSR count). The zero-order valence-corrected chi connectivity index (χ0v) is 67.0. The second-order valence-corrected chi connectivity index (χ2v) is 26.9. The molecule has 36 nitrogen and oxygen atoms in total. The van der Waals surface area contributed by atoms with Crippen molar-refractivity contribution in [3.63, 3.8) is 0 Å². The van der Waals surface area contributed by atoms with Crippen molar-refractivity contribution in [2.45, 2.75) is 54.9 Å².